The molecule has 0 saturated carbocycles. The van der Waals surface area contributed by atoms with Crippen LogP contribution < -0.4 is 11.1 Å². The molecule has 2 aromatic heterocycles. The van der Waals surface area contributed by atoms with Gasteiger partial charge in [0.05, 0.1) is 10.7 Å². The van der Waals surface area contributed by atoms with Crippen LogP contribution in [0.3, 0.4) is 0 Å². The molecule has 0 atom stereocenters. The average molecular weight is 340 g/mol. The number of hydrogen-bond acceptors (Lipinski definition) is 7. The summed E-state index contributed by atoms with van der Waals surface area (Å²) in [7, 11) is 1.79. The minimum Gasteiger partial charge on any atom is -0.319 e. The molecule has 23 heavy (non-hydrogen) atoms. The minimum atomic E-state index is -0.759. The van der Waals surface area contributed by atoms with Crippen LogP contribution in [0.4, 0.5) is 4.39 Å². The lowest BCUT2D eigenvalue weighted by atomic mass is 10.2. The maximum atomic E-state index is 13.3. The van der Waals surface area contributed by atoms with Crippen LogP contribution in [0.25, 0.3) is 17.2 Å². The molecule has 0 aliphatic rings. The Balaban J connectivity index is 2.11. The molecule has 0 spiro atoms. The van der Waals surface area contributed by atoms with E-state index in [1.54, 1.807) is 7.05 Å². The standard InChI is InChI=1S/C13H11ClFN5O3/c1-16-5-4-10-11(18-23-17-10)12-19-22-13(21)20(12)7-2-3-9(15)8(14)6-7/h2-3,6,16H,4-5H2,1H3. The van der Waals surface area contributed by atoms with E-state index in [0.717, 1.165) is 10.6 Å². The van der Waals surface area contributed by atoms with E-state index in [-0.39, 0.29) is 16.5 Å². The van der Waals surface area contributed by atoms with Crippen LogP contribution in [0.2, 0.25) is 5.02 Å². The van der Waals surface area contributed by atoms with E-state index in [4.69, 9.17) is 20.8 Å². The monoisotopic (exact) mass is 339 g/mol. The lowest BCUT2D eigenvalue weighted by Crippen LogP contribution is -2.15. The van der Waals surface area contributed by atoms with Gasteiger partial charge in [0.15, 0.2) is 5.69 Å². The van der Waals surface area contributed by atoms with E-state index in [9.17, 15) is 9.18 Å². The Morgan fingerprint density at radius 2 is 2.17 bits per heavy atom. The molecule has 0 unspecified atom stereocenters. The van der Waals surface area contributed by atoms with Gasteiger partial charge in [-0.25, -0.2) is 18.4 Å². The van der Waals surface area contributed by atoms with Crippen molar-refractivity contribution in [2.75, 3.05) is 13.6 Å². The van der Waals surface area contributed by atoms with Gasteiger partial charge in [-0.15, -0.1) is 0 Å². The second-order valence-electron chi connectivity index (χ2n) is 4.62. The van der Waals surface area contributed by atoms with Crippen molar-refractivity contribution >= 4 is 11.6 Å². The first-order valence-electron chi connectivity index (χ1n) is 6.62. The maximum Gasteiger partial charge on any atom is 0.446 e. The lowest BCUT2D eigenvalue weighted by Gasteiger charge is -2.04. The number of nitrogens with zero attached hydrogens (tertiary/aromatic N) is 4. The summed E-state index contributed by atoms with van der Waals surface area (Å²) < 4.78 is 23.9. The van der Waals surface area contributed by atoms with Gasteiger partial charge >= 0.3 is 5.76 Å². The van der Waals surface area contributed by atoms with E-state index in [2.05, 4.69) is 20.8 Å². The van der Waals surface area contributed by atoms with Crippen LogP contribution in [-0.2, 0) is 6.42 Å². The molecular formula is C13H11ClFN5O3. The van der Waals surface area contributed by atoms with Crippen molar-refractivity contribution < 1.29 is 13.5 Å². The molecule has 8 nitrogen and oxygen atoms in total. The smallest absolute Gasteiger partial charge is 0.319 e. The van der Waals surface area contributed by atoms with Gasteiger partial charge in [0.25, 0.3) is 0 Å². The molecule has 0 amide bonds. The molecule has 0 bridgehead atoms. The number of hydrogen-bond donors (Lipinski definition) is 1. The third-order valence-corrected chi connectivity index (χ3v) is 3.44. The topological polar surface area (TPSA) is 99.0 Å². The first-order chi connectivity index (χ1) is 11.1. The van der Waals surface area contributed by atoms with Gasteiger partial charge in [-0.05, 0) is 30.4 Å². The van der Waals surface area contributed by atoms with Crippen molar-refractivity contribution in [2.45, 2.75) is 6.42 Å². The predicted octanol–water partition coefficient (Wildman–Crippen LogP) is 1.43. The largest absolute Gasteiger partial charge is 0.446 e. The second kappa shape index (κ2) is 6.31. The Labute approximate surface area is 133 Å². The molecule has 0 aliphatic carbocycles. The lowest BCUT2D eigenvalue weighted by molar-refractivity contribution is 0.304. The fourth-order valence-electron chi connectivity index (χ4n) is 2.04. The average Bonchev–Trinajstić information content (AvgIpc) is 3.14. The van der Waals surface area contributed by atoms with Gasteiger partial charge < -0.3 is 5.32 Å². The molecule has 0 aliphatic heterocycles. The molecule has 0 fully saturated rings. The summed E-state index contributed by atoms with van der Waals surface area (Å²) >= 11 is 5.76. The molecule has 0 saturated heterocycles. The molecule has 1 aromatic carbocycles. The van der Waals surface area contributed by atoms with Gasteiger partial charge in [-0.1, -0.05) is 21.9 Å². The van der Waals surface area contributed by atoms with Crippen LogP contribution in [-0.4, -0.2) is 33.6 Å². The summed E-state index contributed by atoms with van der Waals surface area (Å²) in [5.41, 5.74) is 1.07. The van der Waals surface area contributed by atoms with Gasteiger partial charge in [0.1, 0.15) is 11.5 Å². The Morgan fingerprint density at radius 1 is 1.35 bits per heavy atom. The van der Waals surface area contributed by atoms with Crippen molar-refractivity contribution in [1.29, 1.82) is 0 Å². The summed E-state index contributed by atoms with van der Waals surface area (Å²) in [6.45, 7) is 0.631. The minimum absolute atomic E-state index is 0.102. The SMILES string of the molecule is CNCCc1nonc1-c1noc(=O)n1-c1ccc(F)c(Cl)c1. The third-order valence-electron chi connectivity index (χ3n) is 3.15. The van der Waals surface area contributed by atoms with Gasteiger partial charge in [-0.2, -0.15) is 0 Å². The van der Waals surface area contributed by atoms with Crippen molar-refractivity contribution in [2.24, 2.45) is 0 Å². The normalized spacial score (nSPS) is 11.1. The number of nitrogens with one attached hydrogen (secondary N) is 1. The second-order valence-corrected chi connectivity index (χ2v) is 5.03. The highest BCUT2D eigenvalue weighted by Crippen LogP contribution is 2.23. The number of rotatable bonds is 5. The van der Waals surface area contributed by atoms with E-state index in [1.807, 2.05) is 0 Å². The zero-order valence-electron chi connectivity index (χ0n) is 11.9. The number of benzene rings is 1. The Morgan fingerprint density at radius 3 is 2.91 bits per heavy atom. The number of likely N-dealkylation sites (N-methyl/N-ethyl adjacent to an activating group) is 1. The zero-order valence-corrected chi connectivity index (χ0v) is 12.7. The van der Waals surface area contributed by atoms with Crippen LogP contribution in [0.15, 0.2) is 32.1 Å². The van der Waals surface area contributed by atoms with Gasteiger partial charge in [0, 0.05) is 13.0 Å². The van der Waals surface area contributed by atoms with E-state index >= 15 is 0 Å². The fraction of sp³-hybridized carbons (Fsp3) is 0.231. The van der Waals surface area contributed by atoms with Crippen LogP contribution in [0.1, 0.15) is 5.69 Å². The Kier molecular flexibility index (Phi) is 4.22. The van der Waals surface area contributed by atoms with Gasteiger partial charge in [-0.3, -0.25) is 4.52 Å². The van der Waals surface area contributed by atoms with Crippen molar-refractivity contribution in [3.05, 3.63) is 45.3 Å². The zero-order chi connectivity index (χ0) is 16.4. The summed E-state index contributed by atoms with van der Waals surface area (Å²) in [4.78, 5) is 12.0. The van der Waals surface area contributed by atoms with Crippen molar-refractivity contribution in [3.8, 4) is 17.2 Å². The summed E-state index contributed by atoms with van der Waals surface area (Å²) in [5, 5.41) is 14.1. The summed E-state index contributed by atoms with van der Waals surface area (Å²) in [5.74, 6) is -1.26. The number of aromatic nitrogens is 4. The molecule has 3 aromatic rings. The highest BCUT2D eigenvalue weighted by molar-refractivity contribution is 6.30. The molecule has 0 radical (unpaired) electrons. The first kappa shape index (κ1) is 15.4. The van der Waals surface area contributed by atoms with Crippen molar-refractivity contribution in [1.82, 2.24) is 25.4 Å². The summed E-state index contributed by atoms with van der Waals surface area (Å²) in [6.07, 6.45) is 0.514. The maximum absolute atomic E-state index is 13.3. The molecule has 120 valence electrons. The molecule has 2 heterocycles. The molecule has 1 N–H and O–H groups in total. The van der Waals surface area contributed by atoms with E-state index < -0.39 is 11.6 Å². The molecule has 10 heteroatoms. The molecular weight excluding hydrogens is 329 g/mol. The fourth-order valence-corrected chi connectivity index (χ4v) is 2.21. The van der Waals surface area contributed by atoms with Gasteiger partial charge in [0.2, 0.25) is 5.82 Å². The highest BCUT2D eigenvalue weighted by atomic mass is 35.5. The van der Waals surface area contributed by atoms with E-state index in [0.29, 0.717) is 24.3 Å². The van der Waals surface area contributed by atoms with Crippen molar-refractivity contribution in [3.63, 3.8) is 0 Å². The summed E-state index contributed by atoms with van der Waals surface area (Å²) in [6, 6.07) is 3.81. The quantitative estimate of drug-likeness (QED) is 0.750. The number of halogens is 2. The Bertz CT molecular complexity index is 888. The van der Waals surface area contributed by atoms with Crippen LogP contribution in [0.5, 0.6) is 0 Å². The Hall–Kier alpha value is -2.52. The first-order valence-corrected chi connectivity index (χ1v) is 7.00. The third kappa shape index (κ3) is 2.88. The van der Waals surface area contributed by atoms with Crippen LogP contribution >= 0.6 is 11.6 Å². The predicted molar refractivity (Wildman–Crippen MR) is 78.0 cm³/mol. The van der Waals surface area contributed by atoms with Crippen LogP contribution in [0, 0.1) is 5.82 Å². The molecule has 3 rings (SSSR count). The highest BCUT2D eigenvalue weighted by Gasteiger charge is 2.22. The van der Waals surface area contributed by atoms with E-state index in [1.165, 1.54) is 12.1 Å².